The summed E-state index contributed by atoms with van der Waals surface area (Å²) in [5.41, 5.74) is 7.61. The van der Waals surface area contributed by atoms with Gasteiger partial charge in [0.2, 0.25) is 5.91 Å². The minimum atomic E-state index is -0.627. The van der Waals surface area contributed by atoms with Crippen molar-refractivity contribution in [1.29, 1.82) is 0 Å². The van der Waals surface area contributed by atoms with Crippen LogP contribution >= 0.6 is 0 Å². The van der Waals surface area contributed by atoms with E-state index < -0.39 is 6.03 Å². The molecular formula is C20H24N4O2. The van der Waals surface area contributed by atoms with Crippen LogP contribution in [0.3, 0.4) is 0 Å². The van der Waals surface area contributed by atoms with Crippen molar-refractivity contribution in [2.24, 2.45) is 11.7 Å². The summed E-state index contributed by atoms with van der Waals surface area (Å²) in [4.78, 5) is 25.9. The minimum Gasteiger partial charge on any atom is -0.351 e. The normalized spacial score (nSPS) is 17.5. The number of nitrogens with zero attached hydrogens (tertiary/aromatic N) is 1. The Hall–Kier alpha value is -2.86. The Morgan fingerprint density at radius 2 is 1.77 bits per heavy atom. The first-order valence-electron chi connectivity index (χ1n) is 8.84. The maximum Gasteiger partial charge on any atom is 0.316 e. The molecule has 0 radical (unpaired) electrons. The van der Waals surface area contributed by atoms with Gasteiger partial charge in [-0.3, -0.25) is 9.69 Å². The van der Waals surface area contributed by atoms with Crippen molar-refractivity contribution in [3.8, 4) is 0 Å². The first-order valence-corrected chi connectivity index (χ1v) is 8.84. The molecule has 0 saturated carbocycles. The zero-order valence-electron chi connectivity index (χ0n) is 14.7. The molecule has 2 aromatic carbocycles. The number of nitrogens with two attached hydrogens (primary N) is 1. The molecule has 0 aliphatic carbocycles. The van der Waals surface area contributed by atoms with Crippen LogP contribution in [0.1, 0.15) is 18.4 Å². The number of likely N-dealkylation sites (tertiary alicyclic amines) is 1. The van der Waals surface area contributed by atoms with Gasteiger partial charge < -0.3 is 16.4 Å². The number of anilines is 2. The van der Waals surface area contributed by atoms with Crippen LogP contribution in [0.4, 0.5) is 16.2 Å². The van der Waals surface area contributed by atoms with Gasteiger partial charge in [0.25, 0.3) is 0 Å². The molecule has 1 aliphatic heterocycles. The lowest BCUT2D eigenvalue weighted by molar-refractivity contribution is -0.121. The SMILES string of the molecule is NC(=O)Nc1cccc(NC(=O)C2CCCN(Cc3ccccc3)C2)c1. The quantitative estimate of drug-likeness (QED) is 0.773. The number of hydrogen-bond donors (Lipinski definition) is 3. The van der Waals surface area contributed by atoms with Crippen LogP contribution in [0.15, 0.2) is 54.6 Å². The molecule has 6 nitrogen and oxygen atoms in total. The van der Waals surface area contributed by atoms with Gasteiger partial charge in [-0.1, -0.05) is 36.4 Å². The molecule has 0 spiro atoms. The standard InChI is InChI=1S/C20H24N4O2/c21-20(26)23-18-10-4-9-17(12-18)22-19(25)16-8-5-11-24(14-16)13-15-6-2-1-3-7-15/h1-4,6-7,9-10,12,16H,5,8,11,13-14H2,(H,22,25)(H3,21,23,26). The van der Waals surface area contributed by atoms with Gasteiger partial charge in [-0.25, -0.2) is 4.79 Å². The Bertz CT molecular complexity index is 763. The van der Waals surface area contributed by atoms with Crippen LogP contribution in [0, 0.1) is 5.92 Å². The second kappa shape index (κ2) is 8.49. The lowest BCUT2D eigenvalue weighted by Crippen LogP contribution is -2.40. The van der Waals surface area contributed by atoms with Gasteiger partial charge >= 0.3 is 6.03 Å². The fraction of sp³-hybridized carbons (Fsp3) is 0.300. The molecule has 136 valence electrons. The lowest BCUT2D eigenvalue weighted by atomic mass is 9.96. The van der Waals surface area contributed by atoms with Gasteiger partial charge in [0, 0.05) is 24.5 Å². The number of benzene rings is 2. The second-order valence-electron chi connectivity index (χ2n) is 6.62. The number of amides is 3. The predicted octanol–water partition coefficient (Wildman–Crippen LogP) is 3.03. The van der Waals surface area contributed by atoms with Crippen LogP contribution in [0.5, 0.6) is 0 Å². The van der Waals surface area contributed by atoms with E-state index in [2.05, 4.69) is 27.7 Å². The van der Waals surface area contributed by atoms with Gasteiger partial charge in [-0.15, -0.1) is 0 Å². The highest BCUT2D eigenvalue weighted by atomic mass is 16.2. The van der Waals surface area contributed by atoms with Gasteiger partial charge in [0.1, 0.15) is 0 Å². The van der Waals surface area contributed by atoms with E-state index in [0.29, 0.717) is 11.4 Å². The number of hydrogen-bond acceptors (Lipinski definition) is 3. The Morgan fingerprint density at radius 3 is 2.50 bits per heavy atom. The fourth-order valence-corrected chi connectivity index (χ4v) is 3.32. The summed E-state index contributed by atoms with van der Waals surface area (Å²) < 4.78 is 0. The lowest BCUT2D eigenvalue weighted by Gasteiger charge is -2.32. The van der Waals surface area contributed by atoms with Crippen molar-refractivity contribution in [3.05, 3.63) is 60.2 Å². The highest BCUT2D eigenvalue weighted by molar-refractivity contribution is 5.94. The molecular weight excluding hydrogens is 328 g/mol. The number of carbonyl (C=O) groups excluding carboxylic acids is 2. The summed E-state index contributed by atoms with van der Waals surface area (Å²) in [5.74, 6) is -0.0285. The van der Waals surface area contributed by atoms with Crippen LogP contribution in [-0.2, 0) is 11.3 Å². The number of piperidine rings is 1. The van der Waals surface area contributed by atoms with Crippen molar-refractivity contribution in [2.75, 3.05) is 23.7 Å². The first-order chi connectivity index (χ1) is 12.6. The smallest absolute Gasteiger partial charge is 0.316 e. The summed E-state index contributed by atoms with van der Waals surface area (Å²) in [6, 6.07) is 16.7. The maximum absolute atomic E-state index is 12.6. The summed E-state index contributed by atoms with van der Waals surface area (Å²) >= 11 is 0. The molecule has 1 fully saturated rings. The molecule has 3 rings (SSSR count). The third kappa shape index (κ3) is 5.07. The molecule has 1 heterocycles. The monoisotopic (exact) mass is 352 g/mol. The van der Waals surface area contributed by atoms with E-state index in [0.717, 1.165) is 32.5 Å². The Morgan fingerprint density at radius 1 is 1.04 bits per heavy atom. The number of primary amides is 1. The van der Waals surface area contributed by atoms with Crippen LogP contribution in [-0.4, -0.2) is 29.9 Å². The largest absolute Gasteiger partial charge is 0.351 e. The third-order valence-electron chi connectivity index (χ3n) is 4.52. The molecule has 2 aromatic rings. The minimum absolute atomic E-state index is 0.0130. The predicted molar refractivity (Wildman–Crippen MR) is 103 cm³/mol. The molecule has 1 saturated heterocycles. The highest BCUT2D eigenvalue weighted by Gasteiger charge is 2.25. The number of rotatable bonds is 5. The van der Waals surface area contributed by atoms with Crippen molar-refractivity contribution in [2.45, 2.75) is 19.4 Å². The molecule has 1 aliphatic rings. The van der Waals surface area contributed by atoms with Crippen LogP contribution < -0.4 is 16.4 Å². The first kappa shape index (κ1) is 17.9. The number of nitrogens with one attached hydrogen (secondary N) is 2. The van der Waals surface area contributed by atoms with Gasteiger partial charge in [-0.05, 0) is 43.1 Å². The summed E-state index contributed by atoms with van der Waals surface area (Å²) in [6.07, 6.45) is 1.89. The second-order valence-corrected chi connectivity index (χ2v) is 6.62. The Labute approximate surface area is 153 Å². The van der Waals surface area contributed by atoms with Gasteiger partial charge in [0.15, 0.2) is 0 Å². The van der Waals surface area contributed by atoms with Gasteiger partial charge in [-0.2, -0.15) is 0 Å². The molecule has 4 N–H and O–H groups in total. The third-order valence-corrected chi connectivity index (χ3v) is 4.52. The van der Waals surface area contributed by atoms with E-state index in [4.69, 9.17) is 5.73 Å². The van der Waals surface area contributed by atoms with Crippen molar-refractivity contribution in [3.63, 3.8) is 0 Å². The zero-order valence-corrected chi connectivity index (χ0v) is 14.7. The maximum atomic E-state index is 12.6. The van der Waals surface area contributed by atoms with Gasteiger partial charge in [0.05, 0.1) is 5.92 Å². The van der Waals surface area contributed by atoms with E-state index in [1.807, 2.05) is 18.2 Å². The molecule has 6 heteroatoms. The van der Waals surface area contributed by atoms with Crippen LogP contribution in [0.25, 0.3) is 0 Å². The number of urea groups is 1. The Kier molecular flexibility index (Phi) is 5.86. The number of carbonyl (C=O) groups is 2. The van der Waals surface area contributed by atoms with E-state index in [-0.39, 0.29) is 11.8 Å². The molecule has 1 unspecified atom stereocenters. The molecule has 3 amide bonds. The summed E-state index contributed by atoms with van der Waals surface area (Å²) in [5, 5.41) is 5.46. The van der Waals surface area contributed by atoms with E-state index in [1.54, 1.807) is 24.3 Å². The van der Waals surface area contributed by atoms with Crippen molar-refractivity contribution < 1.29 is 9.59 Å². The van der Waals surface area contributed by atoms with E-state index >= 15 is 0 Å². The zero-order chi connectivity index (χ0) is 18.4. The average Bonchev–Trinajstić information content (AvgIpc) is 2.62. The molecule has 0 aromatic heterocycles. The molecule has 0 bridgehead atoms. The van der Waals surface area contributed by atoms with Crippen LogP contribution in [0.2, 0.25) is 0 Å². The highest BCUT2D eigenvalue weighted by Crippen LogP contribution is 2.21. The fourth-order valence-electron chi connectivity index (χ4n) is 3.32. The molecule has 26 heavy (non-hydrogen) atoms. The van der Waals surface area contributed by atoms with E-state index in [9.17, 15) is 9.59 Å². The molecule has 1 atom stereocenters. The Balaban J connectivity index is 1.58. The van der Waals surface area contributed by atoms with E-state index in [1.165, 1.54) is 5.56 Å². The van der Waals surface area contributed by atoms with Crippen molar-refractivity contribution >= 4 is 23.3 Å². The topological polar surface area (TPSA) is 87.5 Å². The van der Waals surface area contributed by atoms with Crippen molar-refractivity contribution in [1.82, 2.24) is 4.90 Å². The summed E-state index contributed by atoms with van der Waals surface area (Å²) in [6.45, 7) is 2.62. The summed E-state index contributed by atoms with van der Waals surface area (Å²) in [7, 11) is 0. The average molecular weight is 352 g/mol.